The van der Waals surface area contributed by atoms with Crippen molar-refractivity contribution < 1.29 is 14.3 Å². The van der Waals surface area contributed by atoms with Crippen molar-refractivity contribution in [2.24, 2.45) is 5.92 Å². The van der Waals surface area contributed by atoms with E-state index in [0.717, 1.165) is 45.5 Å². The van der Waals surface area contributed by atoms with Crippen LogP contribution >= 0.6 is 11.3 Å². The van der Waals surface area contributed by atoms with E-state index in [9.17, 15) is 4.79 Å². The molecule has 6 nitrogen and oxygen atoms in total. The monoisotopic (exact) mass is 451 g/mol. The standard InChI is InChI=1S/C25H29N3O3S/c1-5-30-23(29)16-12-13-18-21(15-16)32-24(27-18)28-19-10-8-14-26-22(19)31-20-11-7-6-9-17(20)25(2,3)4/h6-11,14,16H,5,12-13,15H2,1-4H3,(H,27,28). The Labute approximate surface area is 193 Å². The van der Waals surface area contributed by atoms with Crippen LogP contribution in [-0.2, 0) is 27.8 Å². The third kappa shape index (κ3) is 4.93. The highest BCUT2D eigenvalue weighted by Gasteiger charge is 2.28. The number of benzene rings is 1. The van der Waals surface area contributed by atoms with Crippen LogP contribution in [0.15, 0.2) is 42.6 Å². The molecule has 1 aliphatic rings. The van der Waals surface area contributed by atoms with Crippen LogP contribution in [0.3, 0.4) is 0 Å². The van der Waals surface area contributed by atoms with E-state index < -0.39 is 0 Å². The van der Waals surface area contributed by atoms with Gasteiger partial charge in [0.15, 0.2) is 5.13 Å². The average Bonchev–Trinajstić information content (AvgIpc) is 3.16. The van der Waals surface area contributed by atoms with E-state index in [2.05, 4.69) is 37.1 Å². The van der Waals surface area contributed by atoms with Crippen molar-refractivity contribution in [3.63, 3.8) is 0 Å². The van der Waals surface area contributed by atoms with E-state index in [1.54, 1.807) is 17.5 Å². The van der Waals surface area contributed by atoms with Gasteiger partial charge in [0, 0.05) is 16.6 Å². The lowest BCUT2D eigenvalue weighted by Crippen LogP contribution is -2.24. The minimum atomic E-state index is -0.110. The molecule has 1 aliphatic carbocycles. The summed E-state index contributed by atoms with van der Waals surface area (Å²) in [7, 11) is 0. The molecule has 1 N–H and O–H groups in total. The molecule has 168 valence electrons. The van der Waals surface area contributed by atoms with Crippen LogP contribution in [-0.4, -0.2) is 22.5 Å². The number of nitrogens with zero attached hydrogens (tertiary/aromatic N) is 2. The number of hydrogen-bond acceptors (Lipinski definition) is 7. The first-order valence-electron chi connectivity index (χ1n) is 11.0. The van der Waals surface area contributed by atoms with Gasteiger partial charge < -0.3 is 14.8 Å². The highest BCUT2D eigenvalue weighted by Crippen LogP contribution is 2.38. The number of thiazole rings is 1. The summed E-state index contributed by atoms with van der Waals surface area (Å²) in [4.78, 5) is 22.5. The van der Waals surface area contributed by atoms with Crippen molar-refractivity contribution in [1.29, 1.82) is 0 Å². The molecular formula is C25H29N3O3S. The number of aromatic nitrogens is 2. The fraction of sp³-hybridized carbons (Fsp3) is 0.400. The Morgan fingerprint density at radius 3 is 2.81 bits per heavy atom. The van der Waals surface area contributed by atoms with Gasteiger partial charge in [-0.2, -0.15) is 0 Å². The minimum absolute atomic E-state index is 0.0528. The maximum atomic E-state index is 12.1. The van der Waals surface area contributed by atoms with Gasteiger partial charge in [-0.05, 0) is 49.8 Å². The fourth-order valence-corrected chi connectivity index (χ4v) is 4.95. The molecule has 0 aliphatic heterocycles. The number of ether oxygens (including phenoxy) is 2. The topological polar surface area (TPSA) is 73.3 Å². The van der Waals surface area contributed by atoms with Gasteiger partial charge in [-0.15, -0.1) is 11.3 Å². The molecule has 0 spiro atoms. The minimum Gasteiger partial charge on any atom is -0.466 e. The third-order valence-corrected chi connectivity index (χ3v) is 6.51. The lowest BCUT2D eigenvalue weighted by atomic mass is 9.86. The molecular weight excluding hydrogens is 422 g/mol. The molecule has 32 heavy (non-hydrogen) atoms. The fourth-order valence-electron chi connectivity index (χ4n) is 3.85. The van der Waals surface area contributed by atoms with Crippen LogP contribution in [0.5, 0.6) is 11.6 Å². The number of pyridine rings is 1. The number of rotatable bonds is 6. The van der Waals surface area contributed by atoms with Gasteiger partial charge in [0.25, 0.3) is 0 Å². The Hall–Kier alpha value is -2.93. The summed E-state index contributed by atoms with van der Waals surface area (Å²) < 4.78 is 11.5. The Morgan fingerprint density at radius 1 is 1.22 bits per heavy atom. The quantitative estimate of drug-likeness (QED) is 0.461. The summed E-state index contributed by atoms with van der Waals surface area (Å²) in [5.41, 5.74) is 2.88. The summed E-state index contributed by atoms with van der Waals surface area (Å²) in [5.74, 6) is 1.10. The molecule has 2 aromatic heterocycles. The second-order valence-corrected chi connectivity index (χ2v) is 9.99. The van der Waals surface area contributed by atoms with Crippen LogP contribution in [0, 0.1) is 5.92 Å². The molecule has 0 bridgehead atoms. The van der Waals surface area contributed by atoms with Crippen molar-refractivity contribution in [2.75, 3.05) is 11.9 Å². The third-order valence-electron chi connectivity index (χ3n) is 5.47. The number of aryl methyl sites for hydroxylation is 1. The maximum Gasteiger partial charge on any atom is 0.309 e. The van der Waals surface area contributed by atoms with Crippen LogP contribution in [0.25, 0.3) is 0 Å². The molecule has 7 heteroatoms. The van der Waals surface area contributed by atoms with Gasteiger partial charge in [0.1, 0.15) is 11.4 Å². The summed E-state index contributed by atoms with van der Waals surface area (Å²) in [6.45, 7) is 8.75. The normalized spacial score (nSPS) is 15.7. The number of nitrogens with one attached hydrogen (secondary N) is 1. The molecule has 1 atom stereocenters. The van der Waals surface area contributed by atoms with Gasteiger partial charge in [0.2, 0.25) is 5.88 Å². The predicted octanol–water partition coefficient (Wildman–Crippen LogP) is 6.04. The Kier molecular flexibility index (Phi) is 6.46. The van der Waals surface area contributed by atoms with Crippen LogP contribution in [0.1, 0.15) is 50.3 Å². The molecule has 1 unspecified atom stereocenters. The van der Waals surface area contributed by atoms with E-state index in [4.69, 9.17) is 14.5 Å². The van der Waals surface area contributed by atoms with Crippen LogP contribution in [0.2, 0.25) is 0 Å². The van der Waals surface area contributed by atoms with Crippen molar-refractivity contribution in [3.05, 3.63) is 58.7 Å². The first-order chi connectivity index (χ1) is 15.3. The Balaban J connectivity index is 1.54. The zero-order valence-corrected chi connectivity index (χ0v) is 19.8. The van der Waals surface area contributed by atoms with E-state index >= 15 is 0 Å². The van der Waals surface area contributed by atoms with Gasteiger partial charge >= 0.3 is 5.97 Å². The Bertz CT molecular complexity index is 1100. The Morgan fingerprint density at radius 2 is 2.03 bits per heavy atom. The molecule has 2 heterocycles. The summed E-state index contributed by atoms with van der Waals surface area (Å²) in [6.07, 6.45) is 3.96. The first kappa shape index (κ1) is 22.3. The molecule has 0 radical (unpaired) electrons. The number of carbonyl (C=O) groups is 1. The molecule has 0 amide bonds. The van der Waals surface area contributed by atoms with Crippen molar-refractivity contribution in [1.82, 2.24) is 9.97 Å². The second kappa shape index (κ2) is 9.28. The van der Waals surface area contributed by atoms with Crippen LogP contribution < -0.4 is 10.1 Å². The zero-order chi connectivity index (χ0) is 22.7. The smallest absolute Gasteiger partial charge is 0.309 e. The van der Waals surface area contributed by atoms with Gasteiger partial charge in [-0.25, -0.2) is 9.97 Å². The molecule has 3 aromatic rings. The summed E-state index contributed by atoms with van der Waals surface area (Å²) >= 11 is 1.58. The number of fused-ring (bicyclic) bond motifs is 1. The SMILES string of the molecule is CCOC(=O)C1CCc2nc(Nc3cccnc3Oc3ccccc3C(C)(C)C)sc2C1. The van der Waals surface area contributed by atoms with E-state index in [-0.39, 0.29) is 17.3 Å². The molecule has 4 rings (SSSR count). The second-order valence-electron chi connectivity index (χ2n) is 8.91. The highest BCUT2D eigenvalue weighted by atomic mass is 32.1. The van der Waals surface area contributed by atoms with E-state index in [0.29, 0.717) is 18.9 Å². The highest BCUT2D eigenvalue weighted by molar-refractivity contribution is 7.15. The number of anilines is 2. The van der Waals surface area contributed by atoms with Crippen molar-refractivity contribution >= 4 is 28.1 Å². The number of hydrogen-bond donors (Lipinski definition) is 1. The number of esters is 1. The van der Waals surface area contributed by atoms with Gasteiger partial charge in [-0.3, -0.25) is 4.79 Å². The van der Waals surface area contributed by atoms with Gasteiger partial charge in [0.05, 0.1) is 18.2 Å². The van der Waals surface area contributed by atoms with Crippen molar-refractivity contribution in [3.8, 4) is 11.6 Å². The predicted molar refractivity (Wildman–Crippen MR) is 127 cm³/mol. The lowest BCUT2D eigenvalue weighted by molar-refractivity contribution is -0.148. The van der Waals surface area contributed by atoms with E-state index in [1.807, 2.05) is 37.3 Å². The average molecular weight is 452 g/mol. The molecule has 0 saturated heterocycles. The first-order valence-corrected chi connectivity index (χ1v) is 11.8. The largest absolute Gasteiger partial charge is 0.466 e. The molecule has 0 saturated carbocycles. The van der Waals surface area contributed by atoms with Crippen molar-refractivity contribution in [2.45, 2.75) is 52.4 Å². The number of para-hydroxylation sites is 1. The maximum absolute atomic E-state index is 12.1. The number of carbonyl (C=O) groups excluding carboxylic acids is 1. The lowest BCUT2D eigenvalue weighted by Gasteiger charge is -2.22. The molecule has 1 aromatic carbocycles. The zero-order valence-electron chi connectivity index (χ0n) is 19.0. The van der Waals surface area contributed by atoms with Gasteiger partial charge in [-0.1, -0.05) is 39.0 Å². The van der Waals surface area contributed by atoms with Crippen LogP contribution in [0.4, 0.5) is 10.8 Å². The summed E-state index contributed by atoms with van der Waals surface area (Å²) in [5, 5.41) is 4.16. The van der Waals surface area contributed by atoms with E-state index in [1.165, 1.54) is 0 Å². The summed E-state index contributed by atoms with van der Waals surface area (Å²) in [6, 6.07) is 11.8. The molecule has 0 fully saturated rings.